The molecule has 0 aliphatic carbocycles. The summed E-state index contributed by atoms with van der Waals surface area (Å²) in [6.07, 6.45) is 0. The van der Waals surface area contributed by atoms with Crippen LogP contribution in [0.4, 0.5) is 0 Å². The van der Waals surface area contributed by atoms with Crippen LogP contribution >= 0.6 is 0 Å². The Kier molecular flexibility index (Phi) is 7.65. The van der Waals surface area contributed by atoms with Gasteiger partial charge in [0.15, 0.2) is 11.5 Å². The Morgan fingerprint density at radius 1 is 1.00 bits per heavy atom. The van der Waals surface area contributed by atoms with Crippen molar-refractivity contribution in [1.29, 1.82) is 0 Å². The molecule has 2 rings (SSSR count). The van der Waals surface area contributed by atoms with Gasteiger partial charge in [0.25, 0.3) is 0 Å². The molecule has 28 heavy (non-hydrogen) atoms. The van der Waals surface area contributed by atoms with Gasteiger partial charge in [0.05, 0.1) is 32.2 Å². The Hall–Kier alpha value is -2.78. The molecule has 152 valence electrons. The largest absolute Gasteiger partial charge is 0.493 e. The molecule has 0 atom stereocenters. The van der Waals surface area contributed by atoms with Crippen molar-refractivity contribution in [2.75, 3.05) is 33.9 Å². The van der Waals surface area contributed by atoms with Crippen LogP contribution in [0.5, 0.6) is 17.2 Å². The summed E-state index contributed by atoms with van der Waals surface area (Å²) in [6.45, 7) is 2.12. The second kappa shape index (κ2) is 9.95. The molecule has 0 radical (unpaired) electrons. The fraction of sp³-hybridized carbons (Fsp3) is 0.316. The van der Waals surface area contributed by atoms with Crippen molar-refractivity contribution < 1.29 is 27.4 Å². The average molecular weight is 408 g/mol. The third kappa shape index (κ3) is 6.14. The normalized spacial score (nSPS) is 11.0. The lowest BCUT2D eigenvalue weighted by Gasteiger charge is -2.11. The minimum Gasteiger partial charge on any atom is -0.493 e. The Morgan fingerprint density at radius 2 is 1.68 bits per heavy atom. The Labute approximate surface area is 164 Å². The summed E-state index contributed by atoms with van der Waals surface area (Å²) in [4.78, 5) is 11.8. The standard InChI is InChI=1S/C19H24N2O6S/c1-14-4-6-15(7-5-14)27-11-10-20-19(22)13-21-28(23,24)16-8-9-17(25-2)18(12-16)26-3/h4-9,12,21H,10-11,13H2,1-3H3,(H,20,22). The molecule has 0 spiro atoms. The predicted molar refractivity (Wildman–Crippen MR) is 104 cm³/mol. The summed E-state index contributed by atoms with van der Waals surface area (Å²) in [5.74, 6) is 0.932. The Balaban J connectivity index is 1.80. The minimum atomic E-state index is -3.87. The summed E-state index contributed by atoms with van der Waals surface area (Å²) in [6, 6.07) is 11.7. The van der Waals surface area contributed by atoms with Gasteiger partial charge in [-0.25, -0.2) is 13.1 Å². The zero-order valence-electron chi connectivity index (χ0n) is 16.0. The van der Waals surface area contributed by atoms with Crippen LogP contribution in [0.15, 0.2) is 47.4 Å². The van der Waals surface area contributed by atoms with E-state index >= 15 is 0 Å². The molecule has 0 saturated heterocycles. The number of hydrogen-bond donors (Lipinski definition) is 2. The summed E-state index contributed by atoms with van der Waals surface area (Å²) >= 11 is 0. The quantitative estimate of drug-likeness (QED) is 0.578. The van der Waals surface area contributed by atoms with Crippen LogP contribution in [0.3, 0.4) is 0 Å². The first-order chi connectivity index (χ1) is 13.4. The molecule has 0 unspecified atom stereocenters. The first kappa shape index (κ1) is 21.5. The molecule has 8 nitrogen and oxygen atoms in total. The maximum Gasteiger partial charge on any atom is 0.241 e. The van der Waals surface area contributed by atoms with Crippen LogP contribution < -0.4 is 24.2 Å². The minimum absolute atomic E-state index is 0.0272. The average Bonchev–Trinajstić information content (AvgIpc) is 2.70. The van der Waals surface area contributed by atoms with Gasteiger partial charge in [-0.1, -0.05) is 17.7 Å². The Morgan fingerprint density at radius 3 is 2.32 bits per heavy atom. The van der Waals surface area contributed by atoms with Gasteiger partial charge < -0.3 is 19.5 Å². The lowest BCUT2D eigenvalue weighted by molar-refractivity contribution is -0.120. The van der Waals surface area contributed by atoms with E-state index in [1.165, 1.54) is 32.4 Å². The first-order valence-corrected chi connectivity index (χ1v) is 10.0. The van der Waals surface area contributed by atoms with E-state index in [2.05, 4.69) is 10.0 Å². The molecule has 0 aliphatic rings. The van der Waals surface area contributed by atoms with E-state index in [9.17, 15) is 13.2 Å². The van der Waals surface area contributed by atoms with Crippen LogP contribution in [0.1, 0.15) is 5.56 Å². The van der Waals surface area contributed by atoms with Gasteiger partial charge >= 0.3 is 0 Å². The zero-order valence-corrected chi connectivity index (χ0v) is 16.8. The van der Waals surface area contributed by atoms with Crippen molar-refractivity contribution in [3.63, 3.8) is 0 Å². The van der Waals surface area contributed by atoms with Crippen molar-refractivity contribution in [3.05, 3.63) is 48.0 Å². The second-order valence-electron chi connectivity index (χ2n) is 5.85. The predicted octanol–water partition coefficient (Wildman–Crippen LogP) is 1.49. The van der Waals surface area contributed by atoms with Crippen molar-refractivity contribution >= 4 is 15.9 Å². The molecule has 0 bridgehead atoms. The first-order valence-electron chi connectivity index (χ1n) is 8.53. The number of carbonyl (C=O) groups excluding carboxylic acids is 1. The third-order valence-electron chi connectivity index (χ3n) is 3.80. The molecule has 0 aliphatic heterocycles. The maximum atomic E-state index is 12.3. The molecule has 0 saturated carbocycles. The highest BCUT2D eigenvalue weighted by atomic mass is 32.2. The van der Waals surface area contributed by atoms with E-state index < -0.39 is 15.9 Å². The number of methoxy groups -OCH3 is 2. The van der Waals surface area contributed by atoms with Crippen LogP contribution in [-0.4, -0.2) is 48.2 Å². The molecular weight excluding hydrogens is 384 g/mol. The fourth-order valence-corrected chi connectivity index (χ4v) is 3.28. The SMILES string of the molecule is COc1ccc(S(=O)(=O)NCC(=O)NCCOc2ccc(C)cc2)cc1OC. The topological polar surface area (TPSA) is 103 Å². The lowest BCUT2D eigenvalue weighted by Crippen LogP contribution is -2.38. The van der Waals surface area contributed by atoms with Crippen LogP contribution in [0, 0.1) is 6.92 Å². The maximum absolute atomic E-state index is 12.3. The lowest BCUT2D eigenvalue weighted by atomic mass is 10.2. The van der Waals surface area contributed by atoms with E-state index in [-0.39, 0.29) is 30.3 Å². The number of ether oxygens (including phenoxy) is 3. The number of carbonyl (C=O) groups is 1. The van der Waals surface area contributed by atoms with E-state index in [1.807, 2.05) is 31.2 Å². The number of hydrogen-bond acceptors (Lipinski definition) is 6. The number of benzene rings is 2. The van der Waals surface area contributed by atoms with Crippen LogP contribution in [0.2, 0.25) is 0 Å². The van der Waals surface area contributed by atoms with Gasteiger partial charge in [0.1, 0.15) is 12.4 Å². The molecule has 0 aromatic heterocycles. The van der Waals surface area contributed by atoms with Crippen LogP contribution in [0.25, 0.3) is 0 Å². The molecule has 0 fully saturated rings. The second-order valence-corrected chi connectivity index (χ2v) is 7.62. The molecule has 1 amide bonds. The third-order valence-corrected chi connectivity index (χ3v) is 5.20. The van der Waals surface area contributed by atoms with E-state index in [0.29, 0.717) is 11.5 Å². The Bertz CT molecular complexity index is 897. The van der Waals surface area contributed by atoms with Gasteiger partial charge in [-0.05, 0) is 31.2 Å². The van der Waals surface area contributed by atoms with Crippen molar-refractivity contribution in [3.8, 4) is 17.2 Å². The summed E-state index contributed by atoms with van der Waals surface area (Å²) < 4.78 is 42.6. The molecular formula is C19H24N2O6S. The number of aryl methyl sites for hydroxylation is 1. The van der Waals surface area contributed by atoms with Crippen molar-refractivity contribution in [2.24, 2.45) is 0 Å². The highest BCUT2D eigenvalue weighted by Crippen LogP contribution is 2.29. The molecule has 2 aromatic carbocycles. The van der Waals surface area contributed by atoms with E-state index in [4.69, 9.17) is 14.2 Å². The molecule has 0 heterocycles. The van der Waals surface area contributed by atoms with Gasteiger partial charge in [-0.15, -0.1) is 0 Å². The summed E-state index contributed by atoms with van der Waals surface area (Å²) in [5.41, 5.74) is 1.13. The van der Waals surface area contributed by atoms with Gasteiger partial charge in [-0.3, -0.25) is 4.79 Å². The smallest absolute Gasteiger partial charge is 0.241 e. The highest BCUT2D eigenvalue weighted by molar-refractivity contribution is 7.89. The number of sulfonamides is 1. The molecule has 9 heteroatoms. The zero-order chi connectivity index (χ0) is 20.6. The van der Waals surface area contributed by atoms with Gasteiger partial charge in [0, 0.05) is 6.07 Å². The summed E-state index contributed by atoms with van der Waals surface area (Å²) in [7, 11) is -1.00. The van der Waals surface area contributed by atoms with Gasteiger partial charge in [0.2, 0.25) is 15.9 Å². The van der Waals surface area contributed by atoms with Crippen LogP contribution in [-0.2, 0) is 14.8 Å². The number of rotatable bonds is 10. The van der Waals surface area contributed by atoms with Gasteiger partial charge in [-0.2, -0.15) is 0 Å². The summed E-state index contributed by atoms with van der Waals surface area (Å²) in [5, 5.41) is 2.59. The molecule has 2 N–H and O–H groups in total. The highest BCUT2D eigenvalue weighted by Gasteiger charge is 2.18. The number of nitrogens with one attached hydrogen (secondary N) is 2. The van der Waals surface area contributed by atoms with E-state index in [0.717, 1.165) is 5.56 Å². The van der Waals surface area contributed by atoms with Crippen molar-refractivity contribution in [1.82, 2.24) is 10.0 Å². The number of amides is 1. The monoisotopic (exact) mass is 408 g/mol. The van der Waals surface area contributed by atoms with Crippen molar-refractivity contribution in [2.45, 2.75) is 11.8 Å². The molecule has 2 aromatic rings. The van der Waals surface area contributed by atoms with E-state index in [1.54, 1.807) is 0 Å². The fourth-order valence-electron chi connectivity index (χ4n) is 2.28.